The third-order valence-electron chi connectivity index (χ3n) is 3.12. The lowest BCUT2D eigenvalue weighted by atomic mass is 10.1. The fraction of sp³-hybridized carbons (Fsp3) is 0.375. The van der Waals surface area contributed by atoms with Crippen LogP contribution in [0.4, 0.5) is 4.39 Å². The van der Waals surface area contributed by atoms with Crippen LogP contribution in [0.5, 0.6) is 0 Å². The molecule has 1 heterocycles. The Hall–Kier alpha value is -2.19. The van der Waals surface area contributed by atoms with Gasteiger partial charge in [-0.2, -0.15) is 5.10 Å². The Kier molecular flexibility index (Phi) is 5.07. The summed E-state index contributed by atoms with van der Waals surface area (Å²) in [6, 6.07) is 4.48. The predicted molar refractivity (Wildman–Crippen MR) is 78.2 cm³/mol. The second-order valence-corrected chi connectivity index (χ2v) is 4.57. The van der Waals surface area contributed by atoms with Crippen LogP contribution in [0.2, 0.25) is 0 Å². The number of rotatable bonds is 4. The fourth-order valence-electron chi connectivity index (χ4n) is 2.06. The quantitative estimate of drug-likeness (QED) is 0.874. The Morgan fingerprint density at radius 2 is 2.10 bits per heavy atom. The molecule has 0 atom stereocenters. The van der Waals surface area contributed by atoms with Crippen LogP contribution in [0.15, 0.2) is 18.2 Å². The van der Waals surface area contributed by atoms with E-state index in [9.17, 15) is 4.39 Å². The second kappa shape index (κ2) is 7.00. The molecule has 2 aromatic rings. The van der Waals surface area contributed by atoms with Crippen LogP contribution in [0.1, 0.15) is 36.6 Å². The van der Waals surface area contributed by atoms with E-state index in [0.29, 0.717) is 12.1 Å². The van der Waals surface area contributed by atoms with Gasteiger partial charge in [0.15, 0.2) is 5.82 Å². The zero-order valence-corrected chi connectivity index (χ0v) is 12.2. The van der Waals surface area contributed by atoms with Crippen molar-refractivity contribution in [1.82, 2.24) is 14.8 Å². The average Bonchev–Trinajstić information content (AvgIpc) is 2.89. The Labute approximate surface area is 123 Å². The maximum absolute atomic E-state index is 13.4. The molecule has 4 nitrogen and oxygen atoms in total. The summed E-state index contributed by atoms with van der Waals surface area (Å²) in [6.45, 7) is 4.28. The number of aryl methyl sites for hydroxylation is 2. The van der Waals surface area contributed by atoms with Crippen molar-refractivity contribution in [2.75, 3.05) is 6.61 Å². The lowest BCUT2D eigenvalue weighted by Crippen LogP contribution is -2.08. The van der Waals surface area contributed by atoms with Gasteiger partial charge in [0.05, 0.1) is 6.54 Å². The van der Waals surface area contributed by atoms with E-state index >= 15 is 0 Å². The van der Waals surface area contributed by atoms with Crippen LogP contribution in [0, 0.1) is 17.7 Å². The highest BCUT2D eigenvalue weighted by Crippen LogP contribution is 2.13. The first-order chi connectivity index (χ1) is 10.2. The highest BCUT2D eigenvalue weighted by molar-refractivity contribution is 5.42. The van der Waals surface area contributed by atoms with Crippen molar-refractivity contribution in [1.29, 1.82) is 0 Å². The zero-order valence-electron chi connectivity index (χ0n) is 12.2. The van der Waals surface area contributed by atoms with Crippen LogP contribution in [-0.4, -0.2) is 26.5 Å². The minimum Gasteiger partial charge on any atom is -0.384 e. The number of aliphatic hydroxyl groups excluding tert-OH is 1. The van der Waals surface area contributed by atoms with Gasteiger partial charge in [-0.05, 0) is 17.7 Å². The first kappa shape index (κ1) is 15.2. The molecular weight excluding hydrogens is 269 g/mol. The molecule has 0 spiro atoms. The molecule has 5 heteroatoms. The number of nitrogens with zero attached hydrogens (tertiary/aromatic N) is 3. The standard InChI is InChI=1S/C16H18FN3O/c1-3-15-18-16(4-2)20(19-15)11-13-7-8-14(17)10-12(13)6-5-9-21/h7-8,10,21H,3-4,9,11H2,1-2H3. The van der Waals surface area contributed by atoms with Gasteiger partial charge in [0.2, 0.25) is 0 Å². The second-order valence-electron chi connectivity index (χ2n) is 4.57. The van der Waals surface area contributed by atoms with Gasteiger partial charge in [-0.1, -0.05) is 31.8 Å². The van der Waals surface area contributed by atoms with E-state index in [1.165, 1.54) is 12.1 Å². The van der Waals surface area contributed by atoms with Gasteiger partial charge in [0.1, 0.15) is 18.2 Å². The highest BCUT2D eigenvalue weighted by atomic mass is 19.1. The minimum atomic E-state index is -0.343. The van der Waals surface area contributed by atoms with E-state index < -0.39 is 0 Å². The Bertz CT molecular complexity index is 683. The minimum absolute atomic E-state index is 0.251. The van der Waals surface area contributed by atoms with Crippen molar-refractivity contribution < 1.29 is 9.50 Å². The van der Waals surface area contributed by atoms with Crippen molar-refractivity contribution in [3.8, 4) is 11.8 Å². The average molecular weight is 287 g/mol. The number of benzene rings is 1. The van der Waals surface area contributed by atoms with Crippen LogP contribution >= 0.6 is 0 Å². The summed E-state index contributed by atoms with van der Waals surface area (Å²) in [4.78, 5) is 4.45. The van der Waals surface area contributed by atoms with Crippen molar-refractivity contribution >= 4 is 0 Å². The molecule has 2 rings (SSSR count). The molecule has 0 bridgehead atoms. The molecule has 1 N–H and O–H groups in total. The van der Waals surface area contributed by atoms with E-state index in [-0.39, 0.29) is 12.4 Å². The molecule has 0 saturated heterocycles. The number of halogens is 1. The van der Waals surface area contributed by atoms with Crippen LogP contribution in [0.25, 0.3) is 0 Å². The number of aliphatic hydroxyl groups is 1. The zero-order chi connectivity index (χ0) is 15.2. The number of hydrogen-bond donors (Lipinski definition) is 1. The molecule has 0 saturated carbocycles. The Balaban J connectivity index is 2.37. The molecular formula is C16H18FN3O. The summed E-state index contributed by atoms with van der Waals surface area (Å²) in [6.07, 6.45) is 1.56. The van der Waals surface area contributed by atoms with Gasteiger partial charge in [0, 0.05) is 18.4 Å². The molecule has 1 aromatic carbocycles. The third kappa shape index (κ3) is 3.67. The summed E-state index contributed by atoms with van der Waals surface area (Å²) in [5.74, 6) is 6.70. The van der Waals surface area contributed by atoms with Crippen LogP contribution in [0.3, 0.4) is 0 Å². The van der Waals surface area contributed by atoms with Gasteiger partial charge in [-0.25, -0.2) is 14.1 Å². The molecule has 0 radical (unpaired) electrons. The molecule has 0 unspecified atom stereocenters. The molecule has 0 aliphatic rings. The lowest BCUT2D eigenvalue weighted by Gasteiger charge is -2.07. The van der Waals surface area contributed by atoms with Crippen LogP contribution in [-0.2, 0) is 19.4 Å². The first-order valence-corrected chi connectivity index (χ1v) is 6.98. The summed E-state index contributed by atoms with van der Waals surface area (Å²) in [5, 5.41) is 13.3. The van der Waals surface area contributed by atoms with Crippen molar-refractivity contribution in [3.63, 3.8) is 0 Å². The maximum Gasteiger partial charge on any atom is 0.150 e. The summed E-state index contributed by atoms with van der Waals surface area (Å²) < 4.78 is 15.2. The maximum atomic E-state index is 13.4. The van der Waals surface area contributed by atoms with E-state index in [4.69, 9.17) is 5.11 Å². The molecule has 110 valence electrons. The van der Waals surface area contributed by atoms with Crippen molar-refractivity contribution in [2.45, 2.75) is 33.2 Å². The number of hydrogen-bond acceptors (Lipinski definition) is 3. The first-order valence-electron chi connectivity index (χ1n) is 6.98. The summed E-state index contributed by atoms with van der Waals surface area (Å²) >= 11 is 0. The van der Waals surface area contributed by atoms with Gasteiger partial charge in [0.25, 0.3) is 0 Å². The summed E-state index contributed by atoms with van der Waals surface area (Å²) in [7, 11) is 0. The SMILES string of the molecule is CCc1nc(CC)n(Cc2ccc(F)cc2C#CCO)n1. The van der Waals surface area contributed by atoms with Gasteiger partial charge in [-0.3, -0.25) is 0 Å². The van der Waals surface area contributed by atoms with E-state index in [1.54, 1.807) is 6.07 Å². The smallest absolute Gasteiger partial charge is 0.150 e. The molecule has 1 aromatic heterocycles. The molecule has 0 amide bonds. The lowest BCUT2D eigenvalue weighted by molar-refractivity contribution is 0.350. The van der Waals surface area contributed by atoms with Crippen molar-refractivity contribution in [2.24, 2.45) is 0 Å². The molecule has 0 aliphatic heterocycles. The molecule has 21 heavy (non-hydrogen) atoms. The van der Waals surface area contributed by atoms with E-state index in [2.05, 4.69) is 21.9 Å². The molecule has 0 aliphatic carbocycles. The largest absolute Gasteiger partial charge is 0.384 e. The Morgan fingerprint density at radius 3 is 2.76 bits per heavy atom. The number of aromatic nitrogens is 3. The molecule has 0 fully saturated rings. The van der Waals surface area contributed by atoms with Gasteiger partial charge < -0.3 is 5.11 Å². The highest BCUT2D eigenvalue weighted by Gasteiger charge is 2.10. The third-order valence-corrected chi connectivity index (χ3v) is 3.12. The normalized spacial score (nSPS) is 10.3. The summed E-state index contributed by atoms with van der Waals surface area (Å²) in [5.41, 5.74) is 1.43. The van der Waals surface area contributed by atoms with E-state index in [0.717, 1.165) is 30.1 Å². The topological polar surface area (TPSA) is 50.9 Å². The fourth-order valence-corrected chi connectivity index (χ4v) is 2.06. The Morgan fingerprint density at radius 1 is 1.29 bits per heavy atom. The predicted octanol–water partition coefficient (Wildman–Crippen LogP) is 1.93. The van der Waals surface area contributed by atoms with Gasteiger partial charge in [-0.15, -0.1) is 0 Å². The van der Waals surface area contributed by atoms with Crippen LogP contribution < -0.4 is 0 Å². The monoisotopic (exact) mass is 287 g/mol. The van der Waals surface area contributed by atoms with Crippen molar-refractivity contribution in [3.05, 3.63) is 46.8 Å². The van der Waals surface area contributed by atoms with Gasteiger partial charge >= 0.3 is 0 Å². The van der Waals surface area contributed by atoms with E-state index in [1.807, 2.05) is 18.5 Å².